The van der Waals surface area contributed by atoms with E-state index in [-0.39, 0.29) is 0 Å². The van der Waals surface area contributed by atoms with Crippen LogP contribution in [0.2, 0.25) is 0 Å². The minimum absolute atomic E-state index is 0.451. The van der Waals surface area contributed by atoms with E-state index in [2.05, 4.69) is 20.2 Å². The molecular formula is C14H8N4O. The minimum atomic E-state index is -0.451. The third kappa shape index (κ3) is 1.35. The first-order chi connectivity index (χ1) is 9.34. The number of fused-ring (bicyclic) bond motifs is 6. The van der Waals surface area contributed by atoms with Gasteiger partial charge in [0, 0.05) is 22.4 Å². The molecule has 5 nitrogen and oxygen atoms in total. The van der Waals surface area contributed by atoms with Crippen molar-refractivity contribution in [2.45, 2.75) is 0 Å². The first kappa shape index (κ1) is 10.1. The normalized spacial score (nSPS) is 11.4. The lowest BCUT2D eigenvalue weighted by atomic mass is 10.0. The van der Waals surface area contributed by atoms with Crippen LogP contribution in [0.25, 0.3) is 32.7 Å². The van der Waals surface area contributed by atoms with Gasteiger partial charge in [0.25, 0.3) is 0 Å². The van der Waals surface area contributed by atoms with Crippen molar-refractivity contribution in [2.24, 2.45) is 0 Å². The van der Waals surface area contributed by atoms with Crippen LogP contribution < -0.4 is 5.69 Å². The Balaban J connectivity index is 2.47. The number of pyridine rings is 1. The number of nitrogens with zero attached hydrogens (tertiary/aromatic N) is 3. The van der Waals surface area contributed by atoms with Crippen molar-refractivity contribution in [1.29, 1.82) is 0 Å². The molecule has 0 aliphatic carbocycles. The van der Waals surface area contributed by atoms with Crippen molar-refractivity contribution >= 4 is 32.7 Å². The highest BCUT2D eigenvalue weighted by Crippen LogP contribution is 2.30. The molecule has 0 fully saturated rings. The Bertz CT molecular complexity index is 955. The second-order valence-electron chi connectivity index (χ2n) is 4.28. The highest BCUT2D eigenvalue weighted by Gasteiger charge is 2.11. The summed E-state index contributed by atoms with van der Waals surface area (Å²) in [5.74, 6) is 0. The van der Waals surface area contributed by atoms with Gasteiger partial charge < -0.3 is 0 Å². The highest BCUT2D eigenvalue weighted by molar-refractivity contribution is 6.21. The highest BCUT2D eigenvalue weighted by atomic mass is 16.1. The van der Waals surface area contributed by atoms with Gasteiger partial charge in [-0.3, -0.25) is 4.98 Å². The molecule has 0 spiro atoms. The molecule has 0 saturated carbocycles. The number of benzene rings is 2. The number of rotatable bonds is 0. The van der Waals surface area contributed by atoms with Crippen LogP contribution in [0.5, 0.6) is 0 Å². The Kier molecular flexibility index (Phi) is 1.91. The van der Waals surface area contributed by atoms with Gasteiger partial charge in [-0.25, -0.2) is 9.89 Å². The third-order valence-corrected chi connectivity index (χ3v) is 3.20. The molecule has 1 N–H and O–H groups in total. The lowest BCUT2D eigenvalue weighted by Crippen LogP contribution is -2.12. The van der Waals surface area contributed by atoms with Crippen molar-refractivity contribution in [2.75, 3.05) is 0 Å². The standard InChI is InChI=1S/C14H8N4O/c19-14-16-12-10-6-3-7-15-11(10)8-4-1-2-5-9(8)13(12)17-18-14/h1-7H,(H,16,18,19). The molecule has 0 bridgehead atoms. The molecule has 4 aromatic rings. The van der Waals surface area contributed by atoms with Crippen LogP contribution in [-0.4, -0.2) is 20.2 Å². The van der Waals surface area contributed by atoms with Crippen LogP contribution in [0, 0.1) is 0 Å². The van der Waals surface area contributed by atoms with Crippen LogP contribution in [0.1, 0.15) is 0 Å². The van der Waals surface area contributed by atoms with E-state index < -0.39 is 5.69 Å². The Hall–Kier alpha value is -2.82. The predicted molar refractivity (Wildman–Crippen MR) is 73.0 cm³/mol. The number of hydrogen-bond acceptors (Lipinski definition) is 4. The molecule has 2 aromatic carbocycles. The van der Waals surface area contributed by atoms with E-state index in [0.29, 0.717) is 11.0 Å². The maximum Gasteiger partial charge on any atom is 0.361 e. The van der Waals surface area contributed by atoms with Gasteiger partial charge in [-0.2, -0.15) is 10.1 Å². The summed E-state index contributed by atoms with van der Waals surface area (Å²) in [5.41, 5.74) is 1.67. The van der Waals surface area contributed by atoms with Gasteiger partial charge >= 0.3 is 5.69 Å². The molecule has 90 valence electrons. The molecule has 0 saturated heterocycles. The number of aromatic amines is 1. The fourth-order valence-electron chi connectivity index (χ4n) is 2.42. The van der Waals surface area contributed by atoms with Crippen LogP contribution in [0.3, 0.4) is 0 Å². The van der Waals surface area contributed by atoms with E-state index in [1.54, 1.807) is 6.20 Å². The smallest absolute Gasteiger partial charge is 0.256 e. The van der Waals surface area contributed by atoms with Gasteiger partial charge in [0.15, 0.2) is 0 Å². The zero-order valence-electron chi connectivity index (χ0n) is 9.79. The van der Waals surface area contributed by atoms with Gasteiger partial charge in [-0.1, -0.05) is 24.3 Å². The summed E-state index contributed by atoms with van der Waals surface area (Å²) >= 11 is 0. The molecule has 0 unspecified atom stereocenters. The molecule has 19 heavy (non-hydrogen) atoms. The molecule has 0 radical (unpaired) electrons. The van der Waals surface area contributed by atoms with Gasteiger partial charge in [0.2, 0.25) is 0 Å². The largest absolute Gasteiger partial charge is 0.361 e. The first-order valence-electron chi connectivity index (χ1n) is 5.86. The third-order valence-electron chi connectivity index (χ3n) is 3.20. The van der Waals surface area contributed by atoms with Crippen LogP contribution in [0.4, 0.5) is 0 Å². The molecule has 5 heteroatoms. The topological polar surface area (TPSA) is 71.5 Å². The molecular weight excluding hydrogens is 240 g/mol. The van der Waals surface area contributed by atoms with E-state index in [4.69, 9.17) is 0 Å². The van der Waals surface area contributed by atoms with Gasteiger partial charge in [0.1, 0.15) is 11.0 Å². The van der Waals surface area contributed by atoms with E-state index >= 15 is 0 Å². The molecule has 0 aliphatic heterocycles. The Morgan fingerprint density at radius 3 is 2.42 bits per heavy atom. The summed E-state index contributed by atoms with van der Waals surface area (Å²) in [6.07, 6.45) is 1.74. The Morgan fingerprint density at radius 2 is 1.58 bits per heavy atom. The fraction of sp³-hybridized carbons (Fsp3) is 0. The number of aromatic nitrogens is 4. The zero-order valence-corrected chi connectivity index (χ0v) is 9.79. The van der Waals surface area contributed by atoms with Crippen LogP contribution in [0.15, 0.2) is 47.4 Å². The number of H-pyrrole nitrogens is 1. The van der Waals surface area contributed by atoms with Crippen molar-refractivity contribution in [3.8, 4) is 0 Å². The summed E-state index contributed by atoms with van der Waals surface area (Å²) in [4.78, 5) is 19.9. The number of hydrogen-bond donors (Lipinski definition) is 1. The summed E-state index contributed by atoms with van der Waals surface area (Å²) in [7, 11) is 0. The lowest BCUT2D eigenvalue weighted by Gasteiger charge is -2.06. The second-order valence-corrected chi connectivity index (χ2v) is 4.28. The van der Waals surface area contributed by atoms with Crippen molar-refractivity contribution in [3.05, 3.63) is 53.1 Å². The predicted octanol–water partition coefficient (Wildman–Crippen LogP) is 2.02. The maximum absolute atomic E-state index is 11.4. The van der Waals surface area contributed by atoms with E-state index in [9.17, 15) is 4.79 Å². The molecule has 0 atom stereocenters. The van der Waals surface area contributed by atoms with Crippen LogP contribution in [-0.2, 0) is 0 Å². The van der Waals surface area contributed by atoms with E-state index in [0.717, 1.165) is 21.7 Å². The Labute approximate surface area is 106 Å². The molecule has 0 aliphatic rings. The number of nitrogens with one attached hydrogen (secondary N) is 1. The quantitative estimate of drug-likeness (QED) is 0.483. The van der Waals surface area contributed by atoms with Crippen LogP contribution >= 0.6 is 0 Å². The van der Waals surface area contributed by atoms with Crippen molar-refractivity contribution < 1.29 is 0 Å². The van der Waals surface area contributed by atoms with Gasteiger partial charge in [-0.05, 0) is 12.1 Å². The molecule has 2 aromatic heterocycles. The summed E-state index contributed by atoms with van der Waals surface area (Å²) in [6, 6.07) is 11.6. The Morgan fingerprint density at radius 1 is 0.842 bits per heavy atom. The monoisotopic (exact) mass is 248 g/mol. The van der Waals surface area contributed by atoms with E-state index in [1.807, 2.05) is 36.4 Å². The fourth-order valence-corrected chi connectivity index (χ4v) is 2.42. The zero-order chi connectivity index (χ0) is 12.8. The van der Waals surface area contributed by atoms with Gasteiger partial charge in [-0.15, -0.1) is 0 Å². The summed E-state index contributed by atoms with van der Waals surface area (Å²) in [6.45, 7) is 0. The van der Waals surface area contributed by atoms with Crippen molar-refractivity contribution in [1.82, 2.24) is 20.2 Å². The van der Waals surface area contributed by atoms with E-state index in [1.165, 1.54) is 0 Å². The maximum atomic E-state index is 11.4. The minimum Gasteiger partial charge on any atom is -0.256 e. The molecule has 0 amide bonds. The average molecular weight is 248 g/mol. The summed E-state index contributed by atoms with van der Waals surface area (Å²) < 4.78 is 0. The molecule has 2 heterocycles. The second kappa shape index (κ2) is 3.58. The first-order valence-corrected chi connectivity index (χ1v) is 5.86. The average Bonchev–Trinajstić information content (AvgIpc) is 2.47. The lowest BCUT2D eigenvalue weighted by molar-refractivity contribution is 0.966. The van der Waals surface area contributed by atoms with Crippen molar-refractivity contribution in [3.63, 3.8) is 0 Å². The molecule has 4 rings (SSSR count). The van der Waals surface area contributed by atoms with Gasteiger partial charge in [0.05, 0.1) is 5.52 Å². The summed E-state index contributed by atoms with van der Waals surface area (Å²) in [5, 5.41) is 9.31. The SMILES string of the molecule is O=c1nc2c3cccnc3c3ccccc3c2n[nH]1.